The molecule has 5 rings (SSSR count). The first-order valence-electron chi connectivity index (χ1n) is 10.9. The summed E-state index contributed by atoms with van der Waals surface area (Å²) >= 11 is 5.71. The Labute approximate surface area is 206 Å². The number of pyridine rings is 2. The van der Waals surface area contributed by atoms with E-state index in [1.807, 2.05) is 0 Å². The number of anilines is 3. The molecule has 1 spiro atoms. The molecule has 1 aliphatic heterocycles. The number of aryl methyl sites for hydroxylation is 1. The molecule has 0 bridgehead atoms. The lowest BCUT2D eigenvalue weighted by molar-refractivity contribution is -0.123. The van der Waals surface area contributed by atoms with Gasteiger partial charge in [-0.15, -0.1) is 4.98 Å². The molecule has 35 heavy (non-hydrogen) atoms. The van der Waals surface area contributed by atoms with E-state index in [4.69, 9.17) is 18.8 Å². The van der Waals surface area contributed by atoms with E-state index < -0.39 is 17.3 Å². The zero-order chi connectivity index (χ0) is 24.7. The van der Waals surface area contributed by atoms with E-state index in [-0.39, 0.29) is 22.4 Å². The number of aromatic nitrogens is 2. The molecular weight excluding hydrogens is 467 g/mol. The minimum Gasteiger partial charge on any atom is -0.360 e. The molecule has 3 heterocycles. The van der Waals surface area contributed by atoms with Gasteiger partial charge in [-0.2, -0.15) is 0 Å². The third kappa shape index (κ3) is 3.61. The average molecular weight is 487 g/mol. The number of rotatable bonds is 4. The van der Waals surface area contributed by atoms with E-state index in [0.29, 0.717) is 35.5 Å². The number of carbonyl (C=O) groups excluding carboxylic acids is 2. The molecule has 10 heteroatoms. The minimum absolute atomic E-state index is 0.136. The Kier molecular flexibility index (Phi) is 5.49. The van der Waals surface area contributed by atoms with Gasteiger partial charge < -0.3 is 15.1 Å². The van der Waals surface area contributed by atoms with Crippen LogP contribution < -0.4 is 15.1 Å². The molecule has 2 aliphatic rings. The van der Waals surface area contributed by atoms with Gasteiger partial charge in [0.25, 0.3) is 17.6 Å². The number of halogens is 1. The van der Waals surface area contributed by atoms with E-state index in [1.165, 1.54) is 29.4 Å². The van der Waals surface area contributed by atoms with E-state index >= 15 is 4.39 Å². The first-order chi connectivity index (χ1) is 16.9. The summed E-state index contributed by atoms with van der Waals surface area (Å²) in [7, 11) is 0. The second-order valence-corrected chi connectivity index (χ2v) is 8.81. The van der Waals surface area contributed by atoms with Gasteiger partial charge in [-0.25, -0.2) is 4.39 Å². The molecular formula is C25H19FN6O2S. The molecule has 8 nitrogen and oxygen atoms in total. The SMILES string of the molecule is [C-]#[N+]c1ncc(N2C(=O)C3(CCC3)N(c3ccc(C(=O)Nc4cccnc4)c(F)c3)C2=S)cc1C. The maximum absolute atomic E-state index is 15.1. The van der Waals surface area contributed by atoms with Crippen molar-refractivity contribution in [1.82, 2.24) is 9.97 Å². The minimum atomic E-state index is -0.907. The lowest BCUT2D eigenvalue weighted by Crippen LogP contribution is -2.55. The van der Waals surface area contributed by atoms with Crippen LogP contribution in [-0.4, -0.2) is 32.4 Å². The van der Waals surface area contributed by atoms with Crippen molar-refractivity contribution in [2.24, 2.45) is 0 Å². The number of carbonyl (C=O) groups is 2. The number of nitrogens with zero attached hydrogens (tertiary/aromatic N) is 5. The van der Waals surface area contributed by atoms with Crippen LogP contribution >= 0.6 is 12.2 Å². The molecule has 0 radical (unpaired) electrons. The number of hydrogen-bond donors (Lipinski definition) is 1. The maximum atomic E-state index is 15.1. The Morgan fingerprint density at radius 3 is 2.63 bits per heavy atom. The van der Waals surface area contributed by atoms with Crippen LogP contribution in [0.1, 0.15) is 35.2 Å². The van der Waals surface area contributed by atoms with E-state index in [0.717, 1.165) is 6.42 Å². The van der Waals surface area contributed by atoms with Gasteiger partial charge in [-0.05, 0) is 80.4 Å². The molecule has 174 valence electrons. The summed E-state index contributed by atoms with van der Waals surface area (Å²) in [6.45, 7) is 8.95. The molecule has 1 saturated heterocycles. The first-order valence-corrected chi connectivity index (χ1v) is 11.3. The van der Waals surface area contributed by atoms with Crippen molar-refractivity contribution in [3.05, 3.63) is 83.4 Å². The van der Waals surface area contributed by atoms with Crippen molar-refractivity contribution < 1.29 is 14.0 Å². The number of thiocarbonyl (C=S) groups is 1. The van der Waals surface area contributed by atoms with Gasteiger partial charge in [0.2, 0.25) is 0 Å². The van der Waals surface area contributed by atoms with Crippen molar-refractivity contribution in [3.63, 3.8) is 0 Å². The van der Waals surface area contributed by atoms with Crippen LogP contribution in [0.2, 0.25) is 0 Å². The highest BCUT2D eigenvalue weighted by molar-refractivity contribution is 7.81. The number of amides is 2. The molecule has 1 saturated carbocycles. The first kappa shape index (κ1) is 22.6. The van der Waals surface area contributed by atoms with Crippen LogP contribution in [0.4, 0.5) is 27.3 Å². The summed E-state index contributed by atoms with van der Waals surface area (Å²) in [5, 5.41) is 2.82. The highest BCUT2D eigenvalue weighted by Gasteiger charge is 2.59. The van der Waals surface area contributed by atoms with Crippen LogP contribution in [0, 0.1) is 19.3 Å². The van der Waals surface area contributed by atoms with Crippen molar-refractivity contribution in [1.29, 1.82) is 0 Å². The fourth-order valence-electron chi connectivity index (χ4n) is 4.46. The van der Waals surface area contributed by atoms with Gasteiger partial charge in [0, 0.05) is 11.9 Å². The number of nitrogens with one attached hydrogen (secondary N) is 1. The summed E-state index contributed by atoms with van der Waals surface area (Å²) in [6.07, 6.45) is 6.46. The summed E-state index contributed by atoms with van der Waals surface area (Å²) in [4.78, 5) is 40.7. The highest BCUT2D eigenvalue weighted by atomic mass is 32.1. The Balaban J connectivity index is 1.48. The molecule has 1 N–H and O–H groups in total. The predicted octanol–water partition coefficient (Wildman–Crippen LogP) is 4.79. The van der Waals surface area contributed by atoms with Gasteiger partial charge in [-0.3, -0.25) is 19.5 Å². The Morgan fingerprint density at radius 2 is 2.03 bits per heavy atom. The normalized spacial score (nSPS) is 16.3. The fourth-order valence-corrected chi connectivity index (χ4v) is 4.93. The van der Waals surface area contributed by atoms with Crippen molar-refractivity contribution in [3.8, 4) is 0 Å². The van der Waals surface area contributed by atoms with Crippen LogP contribution in [0.15, 0.2) is 55.0 Å². The second kappa shape index (κ2) is 8.52. The van der Waals surface area contributed by atoms with Crippen LogP contribution in [-0.2, 0) is 4.79 Å². The van der Waals surface area contributed by atoms with E-state index in [2.05, 4.69) is 20.1 Å². The molecule has 2 aromatic heterocycles. The van der Waals surface area contributed by atoms with E-state index in [1.54, 1.807) is 42.3 Å². The topological polar surface area (TPSA) is 82.8 Å². The second-order valence-electron chi connectivity index (χ2n) is 8.45. The molecule has 2 amide bonds. The highest BCUT2D eigenvalue weighted by Crippen LogP contribution is 2.48. The monoisotopic (exact) mass is 486 g/mol. The third-order valence-corrected chi connectivity index (χ3v) is 6.73. The van der Waals surface area contributed by atoms with Crippen LogP contribution in [0.25, 0.3) is 4.85 Å². The zero-order valence-electron chi connectivity index (χ0n) is 18.7. The van der Waals surface area contributed by atoms with Gasteiger partial charge in [-0.1, -0.05) is 6.57 Å². The predicted molar refractivity (Wildman–Crippen MR) is 133 cm³/mol. The molecule has 0 unspecified atom stereocenters. The molecule has 1 aromatic carbocycles. The summed E-state index contributed by atoms with van der Waals surface area (Å²) < 4.78 is 15.1. The zero-order valence-corrected chi connectivity index (χ0v) is 19.5. The largest absolute Gasteiger partial charge is 0.360 e. The maximum Gasteiger partial charge on any atom is 0.272 e. The Morgan fingerprint density at radius 1 is 1.23 bits per heavy atom. The van der Waals surface area contributed by atoms with Crippen molar-refractivity contribution in [2.45, 2.75) is 31.7 Å². The lowest BCUT2D eigenvalue weighted by atomic mass is 9.75. The molecule has 0 atom stereocenters. The lowest BCUT2D eigenvalue weighted by Gasteiger charge is -2.43. The molecule has 2 fully saturated rings. The fraction of sp³-hybridized carbons (Fsp3) is 0.200. The van der Waals surface area contributed by atoms with Crippen molar-refractivity contribution in [2.75, 3.05) is 15.1 Å². The van der Waals surface area contributed by atoms with E-state index in [9.17, 15) is 9.59 Å². The average Bonchev–Trinajstić information content (AvgIpc) is 3.06. The van der Waals surface area contributed by atoms with Crippen LogP contribution in [0.3, 0.4) is 0 Å². The summed E-state index contributed by atoms with van der Waals surface area (Å²) in [6, 6.07) is 9.22. The van der Waals surface area contributed by atoms with Crippen LogP contribution in [0.5, 0.6) is 0 Å². The Bertz CT molecular complexity index is 1420. The van der Waals surface area contributed by atoms with Crippen molar-refractivity contribution >= 4 is 52.0 Å². The van der Waals surface area contributed by atoms with Gasteiger partial charge in [0.15, 0.2) is 5.11 Å². The molecule has 1 aliphatic carbocycles. The standard InChI is InChI=1S/C25H19FN6O2S/c1-15-11-18(14-29-21(15)27-2)31-23(34)25(8-4-9-25)32(24(31)35)17-6-7-19(20(26)12-17)22(33)30-16-5-3-10-28-13-16/h3,5-7,10-14H,4,8-9H2,1H3,(H,30,33). The number of hydrogen-bond acceptors (Lipinski definition) is 5. The smallest absolute Gasteiger partial charge is 0.272 e. The van der Waals surface area contributed by atoms with Gasteiger partial charge in [0.1, 0.15) is 17.6 Å². The summed E-state index contributed by atoms with van der Waals surface area (Å²) in [5.74, 6) is -1.29. The number of benzene rings is 1. The van der Waals surface area contributed by atoms with Gasteiger partial charge in [0.05, 0.1) is 23.1 Å². The molecule has 3 aromatic rings. The third-order valence-electron chi connectivity index (χ3n) is 6.37. The quantitative estimate of drug-likeness (QED) is 0.422. The summed E-state index contributed by atoms with van der Waals surface area (Å²) in [5.41, 5.74) is 0.891. The Hall–Kier alpha value is -4.23. The van der Waals surface area contributed by atoms with Gasteiger partial charge >= 0.3 is 0 Å².